The van der Waals surface area contributed by atoms with Gasteiger partial charge >= 0.3 is 0 Å². The molecular weight excluding hydrogens is 276 g/mol. The molecule has 0 heterocycles. The van der Waals surface area contributed by atoms with E-state index < -0.39 is 0 Å². The molecule has 3 heteroatoms. The Balaban J connectivity index is 2.17. The highest BCUT2D eigenvalue weighted by Crippen LogP contribution is 2.23. The number of hydrogen-bond donors (Lipinski definition) is 1. The van der Waals surface area contributed by atoms with E-state index in [1.165, 1.54) is 5.56 Å². The number of nitrogens with zero attached hydrogens (tertiary/aromatic N) is 1. The van der Waals surface area contributed by atoms with Crippen LogP contribution < -0.4 is 10.6 Å². The van der Waals surface area contributed by atoms with Crippen molar-refractivity contribution in [2.24, 2.45) is 0 Å². The normalized spacial score (nSPS) is 10.2. The Hall–Kier alpha value is -1.48. The van der Waals surface area contributed by atoms with Gasteiger partial charge in [0.05, 0.1) is 11.4 Å². The molecule has 2 nitrogen and oxygen atoms in total. The van der Waals surface area contributed by atoms with Crippen LogP contribution in [0.5, 0.6) is 0 Å². The van der Waals surface area contributed by atoms with Crippen LogP contribution in [-0.2, 0) is 6.54 Å². The molecule has 0 aliphatic carbocycles. The number of hydrogen-bond acceptors (Lipinski definition) is 2. The van der Waals surface area contributed by atoms with Gasteiger partial charge in [0.2, 0.25) is 0 Å². The van der Waals surface area contributed by atoms with Crippen molar-refractivity contribution in [1.29, 1.82) is 0 Å². The Morgan fingerprint density at radius 3 is 2.59 bits per heavy atom. The summed E-state index contributed by atoms with van der Waals surface area (Å²) >= 11 is 3.48. The van der Waals surface area contributed by atoms with Crippen molar-refractivity contribution >= 4 is 27.3 Å². The summed E-state index contributed by atoms with van der Waals surface area (Å²) in [4.78, 5) is 2.15. The minimum atomic E-state index is 0.810. The van der Waals surface area contributed by atoms with E-state index in [0.717, 1.165) is 22.4 Å². The predicted molar refractivity (Wildman–Crippen MR) is 77.1 cm³/mol. The number of halogens is 1. The maximum absolute atomic E-state index is 5.95. The molecule has 0 unspecified atom stereocenters. The summed E-state index contributed by atoms with van der Waals surface area (Å²) in [6.07, 6.45) is 0. The molecule has 0 saturated heterocycles. The molecule has 0 spiro atoms. The molecule has 2 aromatic carbocycles. The van der Waals surface area contributed by atoms with Gasteiger partial charge in [-0.2, -0.15) is 0 Å². The van der Waals surface area contributed by atoms with Crippen LogP contribution in [0.2, 0.25) is 0 Å². The zero-order valence-corrected chi connectivity index (χ0v) is 11.3. The first-order chi connectivity index (χ1) is 8.16. The van der Waals surface area contributed by atoms with E-state index in [0.29, 0.717) is 0 Å². The summed E-state index contributed by atoms with van der Waals surface area (Å²) in [6.45, 7) is 0.841. The van der Waals surface area contributed by atoms with Crippen molar-refractivity contribution in [3.8, 4) is 0 Å². The lowest BCUT2D eigenvalue weighted by molar-refractivity contribution is 0.924. The molecule has 0 amide bonds. The fourth-order valence-corrected chi connectivity index (χ4v) is 2.28. The van der Waals surface area contributed by atoms with E-state index in [2.05, 4.69) is 33.0 Å². The van der Waals surface area contributed by atoms with Crippen LogP contribution >= 0.6 is 15.9 Å². The van der Waals surface area contributed by atoms with Gasteiger partial charge in [-0.3, -0.25) is 0 Å². The lowest BCUT2D eigenvalue weighted by atomic mass is 10.2. The molecule has 2 N–H and O–H groups in total. The van der Waals surface area contributed by atoms with Gasteiger partial charge in [0, 0.05) is 18.1 Å². The molecular formula is C14H15BrN2. The van der Waals surface area contributed by atoms with Gasteiger partial charge < -0.3 is 10.6 Å². The number of nitrogen functional groups attached to an aromatic ring is 1. The molecule has 0 fully saturated rings. The third-order valence-electron chi connectivity index (χ3n) is 2.66. The van der Waals surface area contributed by atoms with Crippen LogP contribution in [-0.4, -0.2) is 7.05 Å². The number of benzene rings is 2. The predicted octanol–water partition coefficient (Wildman–Crippen LogP) is 3.67. The summed E-state index contributed by atoms with van der Waals surface area (Å²) in [5.74, 6) is 0. The molecule has 88 valence electrons. The van der Waals surface area contributed by atoms with Crippen molar-refractivity contribution in [2.75, 3.05) is 17.7 Å². The second-order valence-electron chi connectivity index (χ2n) is 4.04. The highest BCUT2D eigenvalue weighted by atomic mass is 79.9. The van der Waals surface area contributed by atoms with Crippen LogP contribution in [0.4, 0.5) is 11.4 Å². The van der Waals surface area contributed by atoms with Crippen molar-refractivity contribution in [2.45, 2.75) is 6.54 Å². The third-order valence-corrected chi connectivity index (χ3v) is 3.15. The Morgan fingerprint density at radius 1 is 1.12 bits per heavy atom. The van der Waals surface area contributed by atoms with E-state index in [4.69, 9.17) is 5.73 Å². The molecule has 0 atom stereocenters. The first-order valence-electron chi connectivity index (χ1n) is 5.47. The Labute approximate surface area is 110 Å². The fraction of sp³-hybridized carbons (Fsp3) is 0.143. The molecule has 0 aliphatic heterocycles. The second kappa shape index (κ2) is 5.23. The highest BCUT2D eigenvalue weighted by Gasteiger charge is 2.05. The van der Waals surface area contributed by atoms with E-state index in [1.807, 2.05) is 43.4 Å². The third kappa shape index (κ3) is 3.01. The molecule has 0 saturated carbocycles. The van der Waals surface area contributed by atoms with Gasteiger partial charge in [0.15, 0.2) is 0 Å². The van der Waals surface area contributed by atoms with Crippen LogP contribution in [0, 0.1) is 0 Å². The van der Waals surface area contributed by atoms with Gasteiger partial charge in [-0.1, -0.05) is 40.2 Å². The van der Waals surface area contributed by atoms with Crippen LogP contribution in [0.25, 0.3) is 0 Å². The van der Waals surface area contributed by atoms with Crippen LogP contribution in [0.15, 0.2) is 53.0 Å². The Bertz CT molecular complexity index is 511. The van der Waals surface area contributed by atoms with E-state index in [9.17, 15) is 0 Å². The summed E-state index contributed by atoms with van der Waals surface area (Å²) < 4.78 is 1.10. The maximum Gasteiger partial charge on any atom is 0.0600 e. The van der Waals surface area contributed by atoms with E-state index in [-0.39, 0.29) is 0 Å². The van der Waals surface area contributed by atoms with Gasteiger partial charge in [0.1, 0.15) is 0 Å². The topological polar surface area (TPSA) is 29.3 Å². The van der Waals surface area contributed by atoms with Crippen molar-refractivity contribution in [1.82, 2.24) is 0 Å². The van der Waals surface area contributed by atoms with E-state index >= 15 is 0 Å². The summed E-state index contributed by atoms with van der Waals surface area (Å²) in [7, 11) is 2.05. The second-order valence-corrected chi connectivity index (χ2v) is 4.96. The van der Waals surface area contributed by atoms with E-state index in [1.54, 1.807) is 0 Å². The summed E-state index contributed by atoms with van der Waals surface area (Å²) in [6, 6.07) is 16.2. The lowest BCUT2D eigenvalue weighted by Crippen LogP contribution is -2.17. The molecule has 0 aliphatic rings. The molecule has 2 rings (SSSR count). The van der Waals surface area contributed by atoms with Gasteiger partial charge in [-0.05, 0) is 29.8 Å². The van der Waals surface area contributed by atoms with Gasteiger partial charge in [-0.15, -0.1) is 0 Å². The SMILES string of the molecule is CN(Cc1cccc(Br)c1)c1ccccc1N. The van der Waals surface area contributed by atoms with Crippen molar-refractivity contribution in [3.05, 3.63) is 58.6 Å². The number of nitrogens with two attached hydrogens (primary N) is 1. The lowest BCUT2D eigenvalue weighted by Gasteiger charge is -2.21. The zero-order valence-electron chi connectivity index (χ0n) is 9.73. The number of rotatable bonds is 3. The van der Waals surface area contributed by atoms with Crippen LogP contribution in [0.1, 0.15) is 5.56 Å². The smallest absolute Gasteiger partial charge is 0.0600 e. The van der Waals surface area contributed by atoms with Crippen molar-refractivity contribution in [3.63, 3.8) is 0 Å². The van der Waals surface area contributed by atoms with Gasteiger partial charge in [-0.25, -0.2) is 0 Å². The van der Waals surface area contributed by atoms with Crippen molar-refractivity contribution < 1.29 is 0 Å². The largest absolute Gasteiger partial charge is 0.397 e. The maximum atomic E-state index is 5.95. The molecule has 0 radical (unpaired) electrons. The average molecular weight is 291 g/mol. The summed E-state index contributed by atoms with van der Waals surface area (Å²) in [5.41, 5.74) is 9.08. The average Bonchev–Trinajstić information content (AvgIpc) is 2.29. The number of para-hydroxylation sites is 2. The molecule has 17 heavy (non-hydrogen) atoms. The molecule has 2 aromatic rings. The van der Waals surface area contributed by atoms with Crippen LogP contribution in [0.3, 0.4) is 0 Å². The summed E-state index contributed by atoms with van der Waals surface area (Å²) in [5, 5.41) is 0. The Kier molecular flexibility index (Phi) is 3.69. The van der Waals surface area contributed by atoms with Gasteiger partial charge in [0.25, 0.3) is 0 Å². The molecule has 0 bridgehead atoms. The molecule has 0 aromatic heterocycles. The minimum absolute atomic E-state index is 0.810. The first kappa shape index (κ1) is 12.0. The fourth-order valence-electron chi connectivity index (χ4n) is 1.83. The Morgan fingerprint density at radius 2 is 1.88 bits per heavy atom. The first-order valence-corrected chi connectivity index (χ1v) is 6.26. The quantitative estimate of drug-likeness (QED) is 0.874. The number of anilines is 2. The monoisotopic (exact) mass is 290 g/mol. The standard InChI is InChI=1S/C14H15BrN2/c1-17(14-8-3-2-7-13(14)16)10-11-5-4-6-12(15)9-11/h2-9H,10,16H2,1H3. The highest BCUT2D eigenvalue weighted by molar-refractivity contribution is 9.10. The zero-order chi connectivity index (χ0) is 12.3. The minimum Gasteiger partial charge on any atom is -0.397 e.